The molecular weight excluding hydrogens is 453 g/mol. The molecule has 5 rings (SSSR count). The number of nitrogens with zero attached hydrogens (tertiary/aromatic N) is 2. The van der Waals surface area contributed by atoms with Crippen molar-refractivity contribution in [3.63, 3.8) is 0 Å². The molecule has 0 spiro atoms. The van der Waals surface area contributed by atoms with Gasteiger partial charge in [0.05, 0.1) is 5.56 Å². The van der Waals surface area contributed by atoms with E-state index in [2.05, 4.69) is 24.0 Å². The second-order valence-corrected chi connectivity index (χ2v) is 9.18. The zero-order chi connectivity index (χ0) is 24.8. The summed E-state index contributed by atoms with van der Waals surface area (Å²) in [6.45, 7) is 4.74. The average Bonchev–Trinajstić information content (AvgIpc) is 3.08. The molecule has 0 radical (unpaired) electrons. The van der Waals surface area contributed by atoms with E-state index in [1.165, 1.54) is 23.3 Å². The van der Waals surface area contributed by atoms with Gasteiger partial charge >= 0.3 is 6.18 Å². The van der Waals surface area contributed by atoms with E-state index in [0.717, 1.165) is 18.7 Å². The van der Waals surface area contributed by atoms with Crippen LogP contribution in [0.2, 0.25) is 0 Å². The molecule has 1 fully saturated rings. The highest BCUT2D eigenvalue weighted by Crippen LogP contribution is 2.44. The molecule has 0 atom stereocenters. The van der Waals surface area contributed by atoms with Gasteiger partial charge in [-0.15, -0.1) is 0 Å². The predicted molar refractivity (Wildman–Crippen MR) is 126 cm³/mol. The summed E-state index contributed by atoms with van der Waals surface area (Å²) >= 11 is 0. The number of alkyl halides is 3. The number of piperazine rings is 1. The number of rotatable bonds is 4. The highest BCUT2D eigenvalue weighted by Gasteiger charge is 2.58. The number of hydrogen-bond acceptors (Lipinski definition) is 4. The maximum Gasteiger partial charge on any atom is 0.416 e. The standard InChI is InChI=1S/C28H25F3N2O2/c1-19-7-2-3-8-20(19)18-32-13-15-33(16-14-32)27(21-9-6-10-22(17-21)28(29,30)31)25(34)23-11-4-5-12-24(23)26(27)35/h2-12,17H,13-16,18H2,1H3. The van der Waals surface area contributed by atoms with Crippen molar-refractivity contribution in [1.29, 1.82) is 0 Å². The molecule has 1 aliphatic carbocycles. The Kier molecular flexibility index (Phi) is 5.85. The van der Waals surface area contributed by atoms with Crippen LogP contribution in [0, 0.1) is 6.92 Å². The van der Waals surface area contributed by atoms with Crippen LogP contribution < -0.4 is 0 Å². The molecular formula is C28H25F3N2O2. The molecule has 0 unspecified atom stereocenters. The summed E-state index contributed by atoms with van der Waals surface area (Å²) in [7, 11) is 0. The van der Waals surface area contributed by atoms with Crippen LogP contribution in [0.3, 0.4) is 0 Å². The molecule has 35 heavy (non-hydrogen) atoms. The summed E-state index contributed by atoms with van der Waals surface area (Å²) in [5.74, 6) is -0.908. The van der Waals surface area contributed by atoms with Crippen LogP contribution in [0.25, 0.3) is 0 Å². The van der Waals surface area contributed by atoms with Gasteiger partial charge in [-0.05, 0) is 35.7 Å². The molecule has 0 aromatic heterocycles. The van der Waals surface area contributed by atoms with Crippen LogP contribution in [-0.2, 0) is 18.3 Å². The lowest BCUT2D eigenvalue weighted by Crippen LogP contribution is -2.60. The quantitative estimate of drug-likeness (QED) is 0.489. The summed E-state index contributed by atoms with van der Waals surface area (Å²) in [4.78, 5) is 31.7. The Balaban J connectivity index is 1.52. The Hall–Kier alpha value is -3.29. The van der Waals surface area contributed by atoms with E-state index in [9.17, 15) is 22.8 Å². The molecule has 0 amide bonds. The van der Waals surface area contributed by atoms with E-state index < -0.39 is 28.8 Å². The SMILES string of the molecule is Cc1ccccc1CN1CCN(C2(c3cccc(C(F)(F)F)c3)C(=O)c3ccccc3C2=O)CC1. The molecule has 180 valence electrons. The largest absolute Gasteiger partial charge is 0.416 e. The van der Waals surface area contributed by atoms with Crippen molar-refractivity contribution in [2.75, 3.05) is 26.2 Å². The smallest absolute Gasteiger partial charge is 0.297 e. The van der Waals surface area contributed by atoms with Crippen molar-refractivity contribution in [2.24, 2.45) is 0 Å². The number of hydrogen-bond donors (Lipinski definition) is 0. The zero-order valence-electron chi connectivity index (χ0n) is 19.3. The number of aryl methyl sites for hydroxylation is 1. The first-order valence-electron chi connectivity index (χ1n) is 11.6. The molecule has 3 aromatic rings. The summed E-state index contributed by atoms with van der Waals surface area (Å²) in [5, 5.41) is 0. The lowest BCUT2D eigenvalue weighted by Gasteiger charge is -2.44. The lowest BCUT2D eigenvalue weighted by atomic mass is 9.81. The van der Waals surface area contributed by atoms with Crippen molar-refractivity contribution < 1.29 is 22.8 Å². The summed E-state index contributed by atoms with van der Waals surface area (Å²) < 4.78 is 40.7. The van der Waals surface area contributed by atoms with Crippen molar-refractivity contribution in [3.05, 3.63) is 106 Å². The van der Waals surface area contributed by atoms with E-state index in [4.69, 9.17) is 0 Å². The third-order valence-corrected chi connectivity index (χ3v) is 7.18. The number of ketones is 2. The molecule has 2 aliphatic rings. The van der Waals surface area contributed by atoms with Crippen LogP contribution >= 0.6 is 0 Å². The first kappa shape index (κ1) is 23.5. The monoisotopic (exact) mass is 478 g/mol. The van der Waals surface area contributed by atoms with E-state index in [0.29, 0.717) is 26.2 Å². The molecule has 1 aliphatic heterocycles. The number of Topliss-reactive ketones (excluding diaryl/α,β-unsaturated/α-hetero) is 2. The van der Waals surface area contributed by atoms with Crippen molar-refractivity contribution in [3.8, 4) is 0 Å². The minimum absolute atomic E-state index is 0.0749. The second-order valence-electron chi connectivity index (χ2n) is 9.18. The summed E-state index contributed by atoms with van der Waals surface area (Å²) in [6.07, 6.45) is -4.58. The Morgan fingerprint density at radius 2 is 1.40 bits per heavy atom. The molecule has 0 N–H and O–H groups in total. The van der Waals surface area contributed by atoms with E-state index in [1.807, 2.05) is 12.1 Å². The Bertz CT molecular complexity index is 1260. The van der Waals surface area contributed by atoms with Crippen LogP contribution in [0.4, 0.5) is 13.2 Å². The van der Waals surface area contributed by atoms with Crippen LogP contribution in [0.1, 0.15) is 43.0 Å². The highest BCUT2D eigenvalue weighted by atomic mass is 19.4. The first-order valence-corrected chi connectivity index (χ1v) is 11.6. The van der Waals surface area contributed by atoms with Crippen molar-refractivity contribution in [1.82, 2.24) is 9.80 Å². The van der Waals surface area contributed by atoms with Gasteiger partial charge in [-0.2, -0.15) is 13.2 Å². The minimum atomic E-state index is -4.58. The maximum atomic E-state index is 13.8. The number of fused-ring (bicyclic) bond motifs is 1. The van der Waals surface area contributed by atoms with E-state index in [-0.39, 0.29) is 16.7 Å². The predicted octanol–water partition coefficient (Wildman–Crippen LogP) is 5.11. The fourth-order valence-corrected chi connectivity index (χ4v) is 5.29. The number of benzene rings is 3. The lowest BCUT2D eigenvalue weighted by molar-refractivity contribution is -0.137. The Morgan fingerprint density at radius 3 is 2.00 bits per heavy atom. The molecule has 1 saturated heterocycles. The first-order chi connectivity index (χ1) is 16.7. The normalized spacial score (nSPS) is 18.6. The minimum Gasteiger partial charge on any atom is -0.297 e. The van der Waals surface area contributed by atoms with Gasteiger partial charge in [0, 0.05) is 43.9 Å². The van der Waals surface area contributed by atoms with Gasteiger partial charge in [-0.3, -0.25) is 19.4 Å². The molecule has 0 bridgehead atoms. The summed E-state index contributed by atoms with van der Waals surface area (Å²) in [6, 6.07) is 19.3. The molecule has 4 nitrogen and oxygen atoms in total. The van der Waals surface area contributed by atoms with Gasteiger partial charge in [-0.1, -0.05) is 60.7 Å². The van der Waals surface area contributed by atoms with Crippen molar-refractivity contribution in [2.45, 2.75) is 25.2 Å². The van der Waals surface area contributed by atoms with Crippen LogP contribution in [-0.4, -0.2) is 47.5 Å². The third-order valence-electron chi connectivity index (χ3n) is 7.18. The topological polar surface area (TPSA) is 40.6 Å². The number of carbonyl (C=O) groups is 2. The molecule has 1 heterocycles. The number of carbonyl (C=O) groups excluding carboxylic acids is 2. The fourth-order valence-electron chi connectivity index (χ4n) is 5.29. The van der Waals surface area contributed by atoms with E-state index >= 15 is 0 Å². The zero-order valence-corrected chi connectivity index (χ0v) is 19.3. The molecule has 3 aromatic carbocycles. The van der Waals surface area contributed by atoms with Gasteiger partial charge in [-0.25, -0.2) is 0 Å². The Labute approximate surface area is 202 Å². The second kappa shape index (κ2) is 8.73. The maximum absolute atomic E-state index is 13.8. The van der Waals surface area contributed by atoms with Gasteiger partial charge in [0.25, 0.3) is 0 Å². The van der Waals surface area contributed by atoms with Gasteiger partial charge in [0.2, 0.25) is 0 Å². The van der Waals surface area contributed by atoms with Gasteiger partial charge in [0.1, 0.15) is 0 Å². The molecule has 7 heteroatoms. The van der Waals surface area contributed by atoms with Crippen LogP contribution in [0.5, 0.6) is 0 Å². The highest BCUT2D eigenvalue weighted by molar-refractivity contribution is 6.32. The molecule has 0 saturated carbocycles. The number of halogens is 3. The third kappa shape index (κ3) is 3.89. The van der Waals surface area contributed by atoms with E-state index in [1.54, 1.807) is 29.2 Å². The summed E-state index contributed by atoms with van der Waals surface area (Å²) in [5.41, 5.74) is 0.324. The van der Waals surface area contributed by atoms with Crippen molar-refractivity contribution >= 4 is 11.6 Å². The average molecular weight is 479 g/mol. The van der Waals surface area contributed by atoms with Crippen LogP contribution in [0.15, 0.2) is 72.8 Å². The van der Waals surface area contributed by atoms with Gasteiger partial charge < -0.3 is 0 Å². The Morgan fingerprint density at radius 1 is 0.800 bits per heavy atom. The van der Waals surface area contributed by atoms with Gasteiger partial charge in [0.15, 0.2) is 17.1 Å². The fraction of sp³-hybridized carbons (Fsp3) is 0.286.